The molecule has 0 spiro atoms. The molecule has 3 nitrogen and oxygen atoms in total. The minimum atomic E-state index is 0.766. The Morgan fingerprint density at radius 3 is 2.64 bits per heavy atom. The van der Waals surface area contributed by atoms with Crippen LogP contribution in [0.3, 0.4) is 0 Å². The summed E-state index contributed by atoms with van der Waals surface area (Å²) in [5.74, 6) is 0. The van der Waals surface area contributed by atoms with Gasteiger partial charge in [0.05, 0.1) is 11.0 Å². The maximum atomic E-state index is 10.1. The first kappa shape index (κ1) is 8.20. The number of nitrogens with zero attached hydrogens (tertiary/aromatic N) is 2. The molecule has 11 heavy (non-hydrogen) atoms. The SMILES string of the molecule is CN(N=O)c1ccccc1Br. The molecular weight excluding hydrogens is 208 g/mol. The van der Waals surface area contributed by atoms with Crippen LogP contribution in [0.25, 0.3) is 0 Å². The first-order valence-corrected chi connectivity index (χ1v) is 3.86. The Labute approximate surface area is 73.1 Å². The average Bonchev–Trinajstić information content (AvgIpc) is 2.04. The van der Waals surface area contributed by atoms with Gasteiger partial charge in [0, 0.05) is 11.5 Å². The second-order valence-electron chi connectivity index (χ2n) is 2.06. The van der Waals surface area contributed by atoms with Gasteiger partial charge in [-0.05, 0) is 28.1 Å². The van der Waals surface area contributed by atoms with Gasteiger partial charge >= 0.3 is 0 Å². The second-order valence-corrected chi connectivity index (χ2v) is 2.91. The summed E-state index contributed by atoms with van der Waals surface area (Å²) in [4.78, 5) is 10.1. The highest BCUT2D eigenvalue weighted by Crippen LogP contribution is 2.24. The van der Waals surface area contributed by atoms with E-state index in [1.807, 2.05) is 24.3 Å². The molecule has 1 aromatic carbocycles. The van der Waals surface area contributed by atoms with Crippen molar-refractivity contribution in [2.75, 3.05) is 12.1 Å². The van der Waals surface area contributed by atoms with E-state index in [2.05, 4.69) is 21.2 Å². The molecule has 0 aliphatic heterocycles. The number of hydrogen-bond acceptors (Lipinski definition) is 2. The molecule has 0 unspecified atom stereocenters. The number of nitroso groups, excluding NO2 is 1. The fourth-order valence-electron chi connectivity index (χ4n) is 0.758. The summed E-state index contributed by atoms with van der Waals surface area (Å²) in [6, 6.07) is 7.40. The summed E-state index contributed by atoms with van der Waals surface area (Å²) in [5.41, 5.74) is 0.766. The van der Waals surface area contributed by atoms with E-state index in [4.69, 9.17) is 0 Å². The molecule has 1 aromatic rings. The zero-order chi connectivity index (χ0) is 8.27. The Balaban J connectivity index is 3.02. The number of hydrogen-bond donors (Lipinski definition) is 0. The van der Waals surface area contributed by atoms with Gasteiger partial charge < -0.3 is 0 Å². The molecule has 1 rings (SSSR count). The molecule has 0 bridgehead atoms. The van der Waals surface area contributed by atoms with Crippen LogP contribution in [0.5, 0.6) is 0 Å². The van der Waals surface area contributed by atoms with E-state index in [0.717, 1.165) is 10.2 Å². The summed E-state index contributed by atoms with van der Waals surface area (Å²) >= 11 is 3.30. The van der Waals surface area contributed by atoms with Gasteiger partial charge in [-0.25, -0.2) is 5.01 Å². The van der Waals surface area contributed by atoms with Gasteiger partial charge in [0.2, 0.25) is 0 Å². The zero-order valence-corrected chi connectivity index (χ0v) is 7.58. The third-order valence-corrected chi connectivity index (χ3v) is 1.99. The van der Waals surface area contributed by atoms with E-state index in [1.54, 1.807) is 7.05 Å². The Morgan fingerprint density at radius 2 is 2.09 bits per heavy atom. The smallest absolute Gasteiger partial charge is 0.0764 e. The Bertz CT molecular complexity index is 264. The van der Waals surface area contributed by atoms with Crippen molar-refractivity contribution in [3.63, 3.8) is 0 Å². The van der Waals surface area contributed by atoms with Crippen molar-refractivity contribution in [3.05, 3.63) is 33.6 Å². The van der Waals surface area contributed by atoms with Crippen LogP contribution < -0.4 is 5.01 Å². The van der Waals surface area contributed by atoms with E-state index in [0.29, 0.717) is 0 Å². The predicted molar refractivity (Wildman–Crippen MR) is 48.3 cm³/mol. The zero-order valence-electron chi connectivity index (χ0n) is 5.99. The number of para-hydroxylation sites is 1. The lowest BCUT2D eigenvalue weighted by Gasteiger charge is -2.09. The summed E-state index contributed by atoms with van der Waals surface area (Å²) in [7, 11) is 1.60. The van der Waals surface area contributed by atoms with Crippen LogP contribution in [0.15, 0.2) is 34.0 Å². The first-order chi connectivity index (χ1) is 5.25. The normalized spacial score (nSPS) is 9.27. The Hall–Kier alpha value is -0.900. The number of benzene rings is 1. The van der Waals surface area contributed by atoms with Gasteiger partial charge in [0.1, 0.15) is 0 Å². The lowest BCUT2D eigenvalue weighted by Crippen LogP contribution is -2.06. The summed E-state index contributed by atoms with van der Waals surface area (Å²) in [6.07, 6.45) is 0. The van der Waals surface area contributed by atoms with Crippen LogP contribution in [0, 0.1) is 4.91 Å². The minimum Gasteiger partial charge on any atom is -0.231 e. The molecular formula is C7H7BrN2O. The predicted octanol–water partition coefficient (Wildman–Crippen LogP) is 2.57. The number of rotatable bonds is 2. The standard InChI is InChI=1S/C7H7BrN2O/c1-10(9-11)7-5-3-2-4-6(7)8/h2-5H,1H3. The van der Waals surface area contributed by atoms with E-state index >= 15 is 0 Å². The molecule has 0 saturated carbocycles. The minimum absolute atomic E-state index is 0.766. The molecule has 0 N–H and O–H groups in total. The lowest BCUT2D eigenvalue weighted by molar-refractivity contribution is 1.00. The van der Waals surface area contributed by atoms with Crippen molar-refractivity contribution >= 4 is 21.6 Å². The van der Waals surface area contributed by atoms with Crippen molar-refractivity contribution in [2.24, 2.45) is 5.29 Å². The van der Waals surface area contributed by atoms with Gasteiger partial charge in [-0.3, -0.25) is 0 Å². The summed E-state index contributed by atoms with van der Waals surface area (Å²) < 4.78 is 0.863. The summed E-state index contributed by atoms with van der Waals surface area (Å²) in [6.45, 7) is 0. The highest BCUT2D eigenvalue weighted by Gasteiger charge is 2.02. The van der Waals surface area contributed by atoms with Gasteiger partial charge in [-0.2, -0.15) is 0 Å². The Kier molecular flexibility index (Phi) is 2.59. The van der Waals surface area contributed by atoms with Crippen LogP contribution in [-0.2, 0) is 0 Å². The van der Waals surface area contributed by atoms with Crippen molar-refractivity contribution in [1.29, 1.82) is 0 Å². The Morgan fingerprint density at radius 1 is 1.45 bits per heavy atom. The lowest BCUT2D eigenvalue weighted by atomic mass is 10.3. The third kappa shape index (κ3) is 1.77. The molecule has 0 aromatic heterocycles. The van der Waals surface area contributed by atoms with Crippen molar-refractivity contribution in [3.8, 4) is 0 Å². The highest BCUT2D eigenvalue weighted by atomic mass is 79.9. The molecule has 0 atom stereocenters. The fraction of sp³-hybridized carbons (Fsp3) is 0.143. The molecule has 58 valence electrons. The van der Waals surface area contributed by atoms with E-state index in [1.165, 1.54) is 5.01 Å². The van der Waals surface area contributed by atoms with Crippen molar-refractivity contribution in [2.45, 2.75) is 0 Å². The largest absolute Gasteiger partial charge is 0.231 e. The van der Waals surface area contributed by atoms with E-state index < -0.39 is 0 Å². The van der Waals surface area contributed by atoms with Crippen LogP contribution in [-0.4, -0.2) is 7.05 Å². The number of anilines is 1. The van der Waals surface area contributed by atoms with E-state index in [9.17, 15) is 4.91 Å². The maximum Gasteiger partial charge on any atom is 0.0764 e. The van der Waals surface area contributed by atoms with Crippen molar-refractivity contribution < 1.29 is 0 Å². The van der Waals surface area contributed by atoms with Crippen LogP contribution in [0.1, 0.15) is 0 Å². The quantitative estimate of drug-likeness (QED) is 0.560. The number of halogens is 1. The van der Waals surface area contributed by atoms with E-state index in [-0.39, 0.29) is 0 Å². The molecule has 0 amide bonds. The maximum absolute atomic E-state index is 10.1. The topological polar surface area (TPSA) is 32.7 Å². The van der Waals surface area contributed by atoms with Crippen LogP contribution in [0.2, 0.25) is 0 Å². The first-order valence-electron chi connectivity index (χ1n) is 3.07. The van der Waals surface area contributed by atoms with Gasteiger partial charge in [-0.1, -0.05) is 12.1 Å². The van der Waals surface area contributed by atoms with Crippen LogP contribution >= 0.6 is 15.9 Å². The highest BCUT2D eigenvalue weighted by molar-refractivity contribution is 9.10. The molecule has 0 radical (unpaired) electrons. The average molecular weight is 215 g/mol. The molecule has 0 aliphatic carbocycles. The van der Waals surface area contributed by atoms with Crippen molar-refractivity contribution in [1.82, 2.24) is 0 Å². The van der Waals surface area contributed by atoms with Crippen LogP contribution in [0.4, 0.5) is 5.69 Å². The monoisotopic (exact) mass is 214 g/mol. The fourth-order valence-corrected chi connectivity index (χ4v) is 1.30. The van der Waals surface area contributed by atoms with Gasteiger partial charge in [-0.15, -0.1) is 4.91 Å². The molecule has 0 fully saturated rings. The summed E-state index contributed by atoms with van der Waals surface area (Å²) in [5, 5.41) is 4.04. The second kappa shape index (κ2) is 3.48. The van der Waals surface area contributed by atoms with Gasteiger partial charge in [0.25, 0.3) is 0 Å². The van der Waals surface area contributed by atoms with Gasteiger partial charge in [0.15, 0.2) is 0 Å². The molecule has 0 heterocycles. The molecule has 0 aliphatic rings. The molecule has 4 heteroatoms. The molecule has 0 saturated heterocycles. The third-order valence-electron chi connectivity index (χ3n) is 1.32.